The van der Waals surface area contributed by atoms with E-state index in [1.165, 1.54) is 10.4 Å². The van der Waals surface area contributed by atoms with Crippen molar-refractivity contribution in [3.63, 3.8) is 0 Å². The fraction of sp³-hybridized carbons (Fsp3) is 0.389. The Morgan fingerprint density at radius 1 is 1.44 bits per heavy atom. The lowest BCUT2D eigenvalue weighted by Gasteiger charge is -2.16. The number of amides is 1. The molecule has 1 saturated heterocycles. The molecule has 0 unspecified atom stereocenters. The third-order valence-corrected chi connectivity index (χ3v) is 5.94. The van der Waals surface area contributed by atoms with Crippen LogP contribution in [0.25, 0.3) is 5.65 Å². The summed E-state index contributed by atoms with van der Waals surface area (Å²) in [6.45, 7) is 5.27. The van der Waals surface area contributed by atoms with Gasteiger partial charge in [0.1, 0.15) is 5.56 Å². The number of carbonyl (C=O) groups excluding carboxylic acids is 1. The van der Waals surface area contributed by atoms with Gasteiger partial charge in [-0.15, -0.1) is 11.3 Å². The molecule has 4 rings (SSSR count). The second-order valence-corrected chi connectivity index (χ2v) is 7.49. The molecule has 4 heterocycles. The molecule has 0 saturated carbocycles. The van der Waals surface area contributed by atoms with E-state index >= 15 is 0 Å². The summed E-state index contributed by atoms with van der Waals surface area (Å²) < 4.78 is 1.83. The Morgan fingerprint density at radius 3 is 3.08 bits per heavy atom. The molecular weight excluding hydrogens is 334 g/mol. The molecule has 1 fully saturated rings. The molecule has 7 heteroatoms. The van der Waals surface area contributed by atoms with E-state index in [0.29, 0.717) is 17.1 Å². The molecular formula is C18H21N5OS. The Morgan fingerprint density at radius 2 is 2.32 bits per heavy atom. The van der Waals surface area contributed by atoms with Crippen molar-refractivity contribution in [3.8, 4) is 0 Å². The smallest absolute Gasteiger partial charge is 0.256 e. The zero-order valence-corrected chi connectivity index (χ0v) is 15.2. The van der Waals surface area contributed by atoms with E-state index in [-0.39, 0.29) is 5.91 Å². The van der Waals surface area contributed by atoms with Crippen LogP contribution in [0.2, 0.25) is 0 Å². The first-order chi connectivity index (χ1) is 12.2. The fourth-order valence-electron chi connectivity index (χ4n) is 3.50. The predicted octanol–water partition coefficient (Wildman–Crippen LogP) is 2.45. The molecule has 1 amide bonds. The van der Waals surface area contributed by atoms with E-state index in [1.807, 2.05) is 21.9 Å². The second kappa shape index (κ2) is 6.57. The predicted molar refractivity (Wildman–Crippen MR) is 98.1 cm³/mol. The maximum atomic E-state index is 12.0. The second-order valence-electron chi connectivity index (χ2n) is 6.49. The molecule has 1 N–H and O–H groups in total. The molecule has 0 aromatic carbocycles. The van der Waals surface area contributed by atoms with Gasteiger partial charge < -0.3 is 5.32 Å². The van der Waals surface area contributed by atoms with Gasteiger partial charge in [0.2, 0.25) is 0 Å². The number of aryl methyl sites for hydroxylation is 1. The molecule has 6 nitrogen and oxygen atoms in total. The van der Waals surface area contributed by atoms with Gasteiger partial charge >= 0.3 is 0 Å². The number of hydrogen-bond acceptors (Lipinski definition) is 5. The molecule has 3 aromatic heterocycles. The number of fused-ring (bicyclic) bond motifs is 1. The molecule has 1 aliphatic rings. The van der Waals surface area contributed by atoms with Crippen molar-refractivity contribution in [2.24, 2.45) is 0 Å². The highest BCUT2D eigenvalue weighted by atomic mass is 32.1. The minimum absolute atomic E-state index is 0.152. The number of hydrogen-bond donors (Lipinski definition) is 1. The van der Waals surface area contributed by atoms with Crippen molar-refractivity contribution in [1.82, 2.24) is 24.8 Å². The monoisotopic (exact) mass is 355 g/mol. The van der Waals surface area contributed by atoms with Crippen LogP contribution in [0.1, 0.15) is 38.8 Å². The van der Waals surface area contributed by atoms with Crippen molar-refractivity contribution >= 4 is 22.9 Å². The van der Waals surface area contributed by atoms with E-state index in [1.54, 1.807) is 19.4 Å². The molecule has 130 valence electrons. The normalized spacial score (nSPS) is 18.1. The fourth-order valence-corrected chi connectivity index (χ4v) is 4.45. The van der Waals surface area contributed by atoms with Crippen LogP contribution in [-0.2, 0) is 6.54 Å². The van der Waals surface area contributed by atoms with Crippen LogP contribution in [0.15, 0.2) is 29.9 Å². The van der Waals surface area contributed by atoms with E-state index < -0.39 is 0 Å². The summed E-state index contributed by atoms with van der Waals surface area (Å²) in [5.74, 6) is 0.254. The van der Waals surface area contributed by atoms with Crippen LogP contribution in [0.5, 0.6) is 0 Å². The topological polar surface area (TPSA) is 62.5 Å². The Bertz CT molecular complexity index is 915. The number of nitrogens with one attached hydrogen (secondary N) is 1. The highest BCUT2D eigenvalue weighted by molar-refractivity contribution is 7.10. The maximum absolute atomic E-state index is 12.0. The van der Waals surface area contributed by atoms with Crippen molar-refractivity contribution in [2.75, 3.05) is 20.1 Å². The van der Waals surface area contributed by atoms with E-state index in [9.17, 15) is 4.79 Å². The largest absolute Gasteiger partial charge is 0.355 e. The maximum Gasteiger partial charge on any atom is 0.256 e. The van der Waals surface area contributed by atoms with Crippen molar-refractivity contribution in [3.05, 3.63) is 51.6 Å². The van der Waals surface area contributed by atoms with Gasteiger partial charge in [-0.05, 0) is 43.0 Å². The summed E-state index contributed by atoms with van der Waals surface area (Å²) in [5.41, 5.74) is 3.66. The molecule has 0 bridgehead atoms. The number of likely N-dealkylation sites (tertiary alicyclic amines) is 1. The average Bonchev–Trinajstić information content (AvgIpc) is 3.35. The lowest BCUT2D eigenvalue weighted by Crippen LogP contribution is -2.20. The van der Waals surface area contributed by atoms with Crippen LogP contribution >= 0.6 is 11.3 Å². The Labute approximate surface area is 150 Å². The number of rotatable bonds is 4. The van der Waals surface area contributed by atoms with E-state index in [0.717, 1.165) is 31.7 Å². The van der Waals surface area contributed by atoms with Gasteiger partial charge in [0.15, 0.2) is 5.65 Å². The highest BCUT2D eigenvalue weighted by Gasteiger charge is 2.27. The van der Waals surface area contributed by atoms with Gasteiger partial charge in [-0.2, -0.15) is 5.10 Å². The summed E-state index contributed by atoms with van der Waals surface area (Å²) in [5, 5.41) is 9.23. The lowest BCUT2D eigenvalue weighted by atomic mass is 10.0. The summed E-state index contributed by atoms with van der Waals surface area (Å²) in [4.78, 5) is 20.3. The molecule has 0 aliphatic carbocycles. The zero-order chi connectivity index (χ0) is 17.4. The lowest BCUT2D eigenvalue weighted by molar-refractivity contribution is 0.0964. The molecule has 0 spiro atoms. The highest BCUT2D eigenvalue weighted by Crippen LogP contribution is 2.30. The first kappa shape index (κ1) is 16.2. The third kappa shape index (κ3) is 2.94. The van der Waals surface area contributed by atoms with E-state index in [4.69, 9.17) is 0 Å². The standard InChI is InChI=1S/C18H21N5OS/c1-12-5-8-25-16(12)11-22-7-4-13(10-22)15-3-6-20-17-14(18(24)19-2)9-21-23(15)17/h3,5-6,8-9,13H,4,7,10-11H2,1-2H3,(H,19,24)/t13-/m0/s1. The first-order valence-electron chi connectivity index (χ1n) is 8.47. The minimum atomic E-state index is -0.152. The first-order valence-corrected chi connectivity index (χ1v) is 9.35. The van der Waals surface area contributed by atoms with Crippen LogP contribution in [-0.4, -0.2) is 45.5 Å². The van der Waals surface area contributed by atoms with Crippen LogP contribution in [0, 0.1) is 6.92 Å². The van der Waals surface area contributed by atoms with Crippen molar-refractivity contribution in [2.45, 2.75) is 25.8 Å². The minimum Gasteiger partial charge on any atom is -0.355 e. The summed E-state index contributed by atoms with van der Waals surface area (Å²) in [7, 11) is 1.62. The zero-order valence-electron chi connectivity index (χ0n) is 14.4. The molecule has 1 atom stereocenters. The average molecular weight is 355 g/mol. The van der Waals surface area contributed by atoms with Crippen LogP contribution in [0.3, 0.4) is 0 Å². The van der Waals surface area contributed by atoms with Gasteiger partial charge in [0.05, 0.1) is 11.9 Å². The number of nitrogens with zero attached hydrogens (tertiary/aromatic N) is 4. The van der Waals surface area contributed by atoms with Crippen molar-refractivity contribution in [1.29, 1.82) is 0 Å². The summed E-state index contributed by atoms with van der Waals surface area (Å²) >= 11 is 1.83. The van der Waals surface area contributed by atoms with E-state index in [2.05, 4.69) is 38.7 Å². The van der Waals surface area contributed by atoms with Gasteiger partial charge in [-0.25, -0.2) is 9.50 Å². The Kier molecular flexibility index (Phi) is 4.27. The number of thiophene rings is 1. The van der Waals surface area contributed by atoms with Crippen LogP contribution in [0.4, 0.5) is 0 Å². The van der Waals surface area contributed by atoms with Gasteiger partial charge in [-0.1, -0.05) is 0 Å². The van der Waals surface area contributed by atoms with Gasteiger partial charge in [0.25, 0.3) is 5.91 Å². The quantitative estimate of drug-likeness (QED) is 0.781. The number of aromatic nitrogens is 3. The van der Waals surface area contributed by atoms with Crippen LogP contribution < -0.4 is 5.32 Å². The summed E-state index contributed by atoms with van der Waals surface area (Å²) in [6, 6.07) is 4.21. The SMILES string of the molecule is CNC(=O)c1cnn2c([C@H]3CCN(Cc4sccc4C)C3)ccnc12. The summed E-state index contributed by atoms with van der Waals surface area (Å²) in [6.07, 6.45) is 4.48. The molecule has 1 aliphatic heterocycles. The molecule has 25 heavy (non-hydrogen) atoms. The Balaban J connectivity index is 1.57. The van der Waals surface area contributed by atoms with Crippen molar-refractivity contribution < 1.29 is 4.79 Å². The molecule has 3 aromatic rings. The van der Waals surface area contributed by atoms with Gasteiger partial charge in [-0.3, -0.25) is 9.69 Å². The number of carbonyl (C=O) groups is 1. The molecule has 0 radical (unpaired) electrons. The van der Waals surface area contributed by atoms with Gasteiger partial charge in [0, 0.05) is 37.1 Å². The third-order valence-electron chi connectivity index (χ3n) is 4.93. The Hall–Kier alpha value is -2.25.